The molecule has 2 aliphatic heterocycles. The Morgan fingerprint density at radius 3 is 2.17 bits per heavy atom. The van der Waals surface area contributed by atoms with Gasteiger partial charge in [0.25, 0.3) is 0 Å². The van der Waals surface area contributed by atoms with E-state index in [1.165, 1.54) is 7.11 Å². The molecular formula is C25H37F3N6O7S. The average Bonchev–Trinajstić information content (AvgIpc) is 3.29. The maximum absolute atomic E-state index is 12.3. The Hall–Kier alpha value is -3.02. The van der Waals surface area contributed by atoms with E-state index >= 15 is 0 Å². The Morgan fingerprint density at radius 1 is 1.14 bits per heavy atom. The van der Waals surface area contributed by atoms with Crippen molar-refractivity contribution in [3.05, 3.63) is 29.8 Å². The molecule has 2 aromatic heterocycles. The first kappa shape index (κ1) is 33.5. The van der Waals surface area contributed by atoms with Gasteiger partial charge in [0, 0.05) is 50.7 Å². The molecule has 1 atom stereocenters. The van der Waals surface area contributed by atoms with Gasteiger partial charge in [-0.15, -0.1) is 0 Å². The third kappa shape index (κ3) is 8.75. The number of aliphatic hydroxyl groups excluding tert-OH is 1. The van der Waals surface area contributed by atoms with E-state index in [0.717, 1.165) is 76.0 Å². The molecule has 4 rings (SSSR count). The smallest absolute Gasteiger partial charge is 0.485 e. The standard InChI is InChI=1S/C24H37N6O4.CHF3O3S/c1-17(2)22(23(32)33-4)20-13-21(27(3)34-20)29-11-9-28(10-12-29)16-18-14-25-24(26-15-18)30-7-5-19(31)6-8-30;2-1(3,4)8(5,6)7/h13-15,17,19,22,31H,5-12,16H2,1-4H3;(H,5,6,7)/q+1;/p-1. The summed E-state index contributed by atoms with van der Waals surface area (Å²) in [5.74, 6) is 1.76. The molecule has 0 radical (unpaired) electrons. The van der Waals surface area contributed by atoms with E-state index < -0.39 is 21.5 Å². The van der Waals surface area contributed by atoms with Crippen LogP contribution in [0, 0.1) is 5.92 Å². The molecule has 2 aliphatic rings. The Morgan fingerprint density at radius 2 is 1.69 bits per heavy atom. The first-order chi connectivity index (χ1) is 19.6. The summed E-state index contributed by atoms with van der Waals surface area (Å²) in [5, 5.41) is 9.68. The van der Waals surface area contributed by atoms with Gasteiger partial charge in [0.1, 0.15) is 13.0 Å². The Kier molecular flexibility index (Phi) is 11.1. The molecule has 13 nitrogen and oxygen atoms in total. The minimum absolute atomic E-state index is 0.0819. The number of esters is 1. The topological polar surface area (TPSA) is 156 Å². The van der Waals surface area contributed by atoms with Gasteiger partial charge in [0.15, 0.2) is 15.9 Å². The summed E-state index contributed by atoms with van der Waals surface area (Å²) in [6.45, 7) is 9.96. The molecule has 2 fully saturated rings. The number of nitrogens with zero attached hydrogens (tertiary/aromatic N) is 6. The van der Waals surface area contributed by atoms with Crippen molar-refractivity contribution in [2.24, 2.45) is 13.0 Å². The van der Waals surface area contributed by atoms with Gasteiger partial charge in [-0.3, -0.25) is 14.6 Å². The van der Waals surface area contributed by atoms with Crippen LogP contribution in [-0.4, -0.2) is 96.9 Å². The number of carbonyl (C=O) groups is 1. The SMILES string of the molecule is COC(=O)C(c1cc(N2CCN(Cc3cnc(N4CCC(O)CC4)nc3)CC2)[n+](C)o1)C(C)C.O=S(=O)([O-])C(F)(F)F. The lowest BCUT2D eigenvalue weighted by molar-refractivity contribution is -0.835. The fourth-order valence-electron chi connectivity index (χ4n) is 4.78. The summed E-state index contributed by atoms with van der Waals surface area (Å²) >= 11 is 0. The summed E-state index contributed by atoms with van der Waals surface area (Å²) < 4.78 is 71.6. The number of aryl methyl sites for hydroxylation is 1. The molecule has 17 heteroatoms. The fourth-order valence-corrected chi connectivity index (χ4v) is 4.78. The van der Waals surface area contributed by atoms with Crippen LogP contribution in [0.3, 0.4) is 0 Å². The lowest BCUT2D eigenvalue weighted by Crippen LogP contribution is -2.49. The van der Waals surface area contributed by atoms with Crippen LogP contribution < -0.4 is 14.5 Å². The van der Waals surface area contributed by atoms with Crippen molar-refractivity contribution < 1.29 is 50.0 Å². The second-order valence-electron chi connectivity index (χ2n) is 10.5. The van der Waals surface area contributed by atoms with Crippen LogP contribution in [-0.2, 0) is 33.2 Å². The predicted molar refractivity (Wildman–Crippen MR) is 142 cm³/mol. The minimum Gasteiger partial charge on any atom is -0.741 e. The van der Waals surface area contributed by atoms with E-state index in [9.17, 15) is 23.1 Å². The zero-order valence-electron chi connectivity index (χ0n) is 24.0. The van der Waals surface area contributed by atoms with Gasteiger partial charge in [0.2, 0.25) is 5.95 Å². The number of ether oxygens (including phenoxy) is 1. The van der Waals surface area contributed by atoms with Gasteiger partial charge in [-0.1, -0.05) is 18.6 Å². The number of methoxy groups -OCH3 is 1. The Labute approximate surface area is 242 Å². The van der Waals surface area contributed by atoms with Crippen LogP contribution in [0.4, 0.5) is 24.9 Å². The molecule has 0 saturated carbocycles. The molecule has 4 heterocycles. The van der Waals surface area contributed by atoms with Crippen molar-refractivity contribution in [2.75, 3.05) is 56.2 Å². The molecule has 1 N–H and O–H groups in total. The summed E-state index contributed by atoms with van der Waals surface area (Å²) in [4.78, 5) is 28.2. The normalized spacial score (nSPS) is 18.0. The zero-order valence-corrected chi connectivity index (χ0v) is 24.8. The number of anilines is 2. The van der Waals surface area contributed by atoms with Crippen molar-refractivity contribution in [3.63, 3.8) is 0 Å². The summed E-state index contributed by atoms with van der Waals surface area (Å²) in [5.41, 5.74) is -4.55. The number of alkyl halides is 3. The maximum Gasteiger partial charge on any atom is 0.485 e. The number of carbonyl (C=O) groups excluding carboxylic acids is 1. The number of rotatable bonds is 7. The number of aliphatic hydroxyl groups is 1. The largest absolute Gasteiger partial charge is 0.741 e. The van der Waals surface area contributed by atoms with Gasteiger partial charge in [-0.25, -0.2) is 18.4 Å². The van der Waals surface area contributed by atoms with E-state index in [1.807, 2.05) is 39.4 Å². The van der Waals surface area contributed by atoms with E-state index in [-0.39, 0.29) is 18.0 Å². The van der Waals surface area contributed by atoms with Crippen molar-refractivity contribution in [3.8, 4) is 0 Å². The van der Waals surface area contributed by atoms with Gasteiger partial charge >= 0.3 is 17.3 Å². The average molecular weight is 623 g/mol. The summed E-state index contributed by atoms with van der Waals surface area (Å²) in [7, 11) is -2.80. The molecule has 0 bridgehead atoms. The predicted octanol–water partition coefficient (Wildman–Crippen LogP) is 1.14. The number of hydrogen-bond donors (Lipinski definition) is 1. The number of aromatic nitrogens is 3. The summed E-state index contributed by atoms with van der Waals surface area (Å²) in [6, 6.07) is 1.98. The molecule has 1 unspecified atom stereocenters. The van der Waals surface area contributed by atoms with E-state index in [2.05, 4.69) is 24.7 Å². The number of piperidine rings is 1. The third-order valence-electron chi connectivity index (χ3n) is 7.09. The molecule has 2 saturated heterocycles. The fraction of sp³-hybridized carbons (Fsp3) is 0.680. The van der Waals surface area contributed by atoms with Crippen molar-refractivity contribution in [1.29, 1.82) is 0 Å². The van der Waals surface area contributed by atoms with Crippen molar-refractivity contribution >= 4 is 27.9 Å². The van der Waals surface area contributed by atoms with Gasteiger partial charge < -0.3 is 23.8 Å². The van der Waals surface area contributed by atoms with Crippen LogP contribution in [0.15, 0.2) is 23.0 Å². The molecule has 0 amide bonds. The second kappa shape index (κ2) is 14.0. The highest BCUT2D eigenvalue weighted by molar-refractivity contribution is 7.86. The second-order valence-corrected chi connectivity index (χ2v) is 11.9. The van der Waals surface area contributed by atoms with Crippen LogP contribution in [0.25, 0.3) is 0 Å². The first-order valence-electron chi connectivity index (χ1n) is 13.4. The molecule has 0 aromatic carbocycles. The third-order valence-corrected chi connectivity index (χ3v) is 7.66. The van der Waals surface area contributed by atoms with Gasteiger partial charge in [0.05, 0.1) is 32.4 Å². The van der Waals surface area contributed by atoms with Crippen molar-refractivity contribution in [1.82, 2.24) is 14.9 Å². The van der Waals surface area contributed by atoms with E-state index in [4.69, 9.17) is 22.2 Å². The van der Waals surface area contributed by atoms with Crippen LogP contribution >= 0.6 is 0 Å². The molecule has 2 aromatic rings. The zero-order chi connectivity index (χ0) is 31.2. The summed E-state index contributed by atoms with van der Waals surface area (Å²) in [6.07, 6.45) is 5.18. The molecule has 236 valence electrons. The molecule has 0 aliphatic carbocycles. The van der Waals surface area contributed by atoms with E-state index in [1.54, 1.807) is 4.74 Å². The van der Waals surface area contributed by atoms with Crippen LogP contribution in [0.2, 0.25) is 0 Å². The minimum atomic E-state index is -6.09. The first-order valence-corrected chi connectivity index (χ1v) is 14.8. The quantitative estimate of drug-likeness (QED) is 0.204. The Balaban J connectivity index is 0.000000531. The van der Waals surface area contributed by atoms with E-state index in [0.29, 0.717) is 5.76 Å². The highest BCUT2D eigenvalue weighted by Gasteiger charge is 2.37. The van der Waals surface area contributed by atoms with Gasteiger partial charge in [-0.05, 0) is 18.8 Å². The highest BCUT2D eigenvalue weighted by Crippen LogP contribution is 2.28. The molecular weight excluding hydrogens is 585 g/mol. The van der Waals surface area contributed by atoms with Crippen LogP contribution in [0.5, 0.6) is 0 Å². The molecule has 42 heavy (non-hydrogen) atoms. The number of piperazine rings is 1. The van der Waals surface area contributed by atoms with Gasteiger partial charge in [-0.2, -0.15) is 13.2 Å². The monoisotopic (exact) mass is 622 g/mol. The number of halogens is 3. The van der Waals surface area contributed by atoms with Crippen molar-refractivity contribution in [2.45, 2.75) is 50.8 Å². The Bertz CT molecular complexity index is 1270. The lowest BCUT2D eigenvalue weighted by Gasteiger charge is -2.31. The molecule has 0 spiro atoms. The maximum atomic E-state index is 12.3. The van der Waals surface area contributed by atoms with Crippen LogP contribution in [0.1, 0.15) is 43.9 Å². The lowest BCUT2D eigenvalue weighted by atomic mass is 9.93. The number of hydrogen-bond acceptors (Lipinski definition) is 12. The highest BCUT2D eigenvalue weighted by atomic mass is 32.2.